The molecule has 182 valence electrons. The molecule has 5 nitrogen and oxygen atoms in total. The Bertz CT molecular complexity index is 722. The molecule has 0 spiro atoms. The molecule has 4 aliphatic rings. The second-order valence-corrected chi connectivity index (χ2v) is 12.1. The van der Waals surface area contributed by atoms with Crippen molar-refractivity contribution in [3.05, 3.63) is 0 Å². The number of carbonyl (C=O) groups is 2. The number of rotatable bonds is 5. The van der Waals surface area contributed by atoms with Gasteiger partial charge in [0.1, 0.15) is 6.10 Å². The van der Waals surface area contributed by atoms with E-state index in [1.807, 2.05) is 0 Å². The molecular formula is C27H45NO4. The van der Waals surface area contributed by atoms with E-state index >= 15 is 0 Å². The first-order valence-corrected chi connectivity index (χ1v) is 13.1. The van der Waals surface area contributed by atoms with Gasteiger partial charge in [0.15, 0.2) is 0 Å². The molecule has 4 aliphatic carbocycles. The van der Waals surface area contributed by atoms with E-state index in [0.29, 0.717) is 23.9 Å². The molecular weight excluding hydrogens is 402 g/mol. The molecule has 4 saturated carbocycles. The lowest BCUT2D eigenvalue weighted by molar-refractivity contribution is -0.172. The third-order valence-electron chi connectivity index (χ3n) is 10.6. The van der Waals surface area contributed by atoms with Gasteiger partial charge in [0.2, 0.25) is 0 Å². The van der Waals surface area contributed by atoms with Gasteiger partial charge in [-0.2, -0.15) is 0 Å². The number of ether oxygens (including phenoxy) is 2. The zero-order valence-corrected chi connectivity index (χ0v) is 21.2. The second-order valence-electron chi connectivity index (χ2n) is 12.1. The standard InChI is InChI=1S/C27H45NO4/c1-17(32-19(3)30)23-9-10-25-22-8-7-20-15-21(28(5)6)11-13-26(20,4)24(22)12-14-27(23,25)16-31-18(2)29/h17,20-25H,7-16H2,1-6H3/t17-,20-,21-,22+,23+,24-,25-,26-,27-/m0/s1. The van der Waals surface area contributed by atoms with Gasteiger partial charge >= 0.3 is 11.9 Å². The minimum absolute atomic E-state index is 0.0360. The largest absolute Gasteiger partial charge is 0.465 e. The van der Waals surface area contributed by atoms with Gasteiger partial charge in [-0.15, -0.1) is 0 Å². The molecule has 4 rings (SSSR count). The van der Waals surface area contributed by atoms with Gasteiger partial charge in [-0.3, -0.25) is 9.59 Å². The minimum atomic E-state index is -0.206. The number of hydrogen-bond donors (Lipinski definition) is 0. The summed E-state index contributed by atoms with van der Waals surface area (Å²) in [5.74, 6) is 2.79. The van der Waals surface area contributed by atoms with Crippen LogP contribution in [-0.4, -0.2) is 49.7 Å². The van der Waals surface area contributed by atoms with E-state index in [-0.39, 0.29) is 29.4 Å². The number of hydrogen-bond acceptors (Lipinski definition) is 5. The summed E-state index contributed by atoms with van der Waals surface area (Å²) >= 11 is 0. The molecule has 0 N–H and O–H groups in total. The molecule has 4 fully saturated rings. The van der Waals surface area contributed by atoms with E-state index in [9.17, 15) is 9.59 Å². The topological polar surface area (TPSA) is 55.8 Å². The Morgan fingerprint density at radius 1 is 0.969 bits per heavy atom. The van der Waals surface area contributed by atoms with Gasteiger partial charge in [0, 0.05) is 31.2 Å². The van der Waals surface area contributed by atoms with Crippen LogP contribution in [0.25, 0.3) is 0 Å². The van der Waals surface area contributed by atoms with Crippen LogP contribution in [-0.2, 0) is 19.1 Å². The number of nitrogens with zero attached hydrogens (tertiary/aromatic N) is 1. The van der Waals surface area contributed by atoms with Crippen molar-refractivity contribution in [1.82, 2.24) is 4.90 Å². The van der Waals surface area contributed by atoms with Crippen molar-refractivity contribution >= 4 is 11.9 Å². The normalized spacial score (nSPS) is 44.2. The SMILES string of the molecule is CC(=O)OC[C@]12CC[C@H]3[C@@H](CC[C@H]4C[C@@H](N(C)C)CC[C@@]43C)[C@@H]1CC[C@@H]2[C@H](C)OC(C)=O. The smallest absolute Gasteiger partial charge is 0.302 e. The van der Waals surface area contributed by atoms with Crippen LogP contribution in [0.2, 0.25) is 0 Å². The molecule has 5 heteroatoms. The van der Waals surface area contributed by atoms with Crippen LogP contribution in [0.3, 0.4) is 0 Å². The van der Waals surface area contributed by atoms with E-state index in [4.69, 9.17) is 9.47 Å². The van der Waals surface area contributed by atoms with Gasteiger partial charge < -0.3 is 14.4 Å². The molecule has 0 aromatic carbocycles. The van der Waals surface area contributed by atoms with Crippen LogP contribution in [0.15, 0.2) is 0 Å². The average molecular weight is 448 g/mol. The fraction of sp³-hybridized carbons (Fsp3) is 0.926. The van der Waals surface area contributed by atoms with Crippen molar-refractivity contribution in [2.24, 2.45) is 40.4 Å². The van der Waals surface area contributed by atoms with Crippen LogP contribution in [0.5, 0.6) is 0 Å². The third kappa shape index (κ3) is 4.01. The predicted octanol–water partition coefficient (Wildman–Crippen LogP) is 5.07. The van der Waals surface area contributed by atoms with Gasteiger partial charge in [-0.1, -0.05) is 6.92 Å². The average Bonchev–Trinajstić information content (AvgIpc) is 3.11. The zero-order valence-electron chi connectivity index (χ0n) is 21.2. The monoisotopic (exact) mass is 447 g/mol. The maximum Gasteiger partial charge on any atom is 0.302 e. The maximum atomic E-state index is 11.8. The lowest BCUT2D eigenvalue weighted by Crippen LogP contribution is -2.57. The van der Waals surface area contributed by atoms with Gasteiger partial charge in [-0.25, -0.2) is 0 Å². The van der Waals surface area contributed by atoms with E-state index in [1.165, 1.54) is 58.8 Å². The Labute approximate surface area is 195 Å². The van der Waals surface area contributed by atoms with Crippen molar-refractivity contribution in [3.63, 3.8) is 0 Å². The minimum Gasteiger partial charge on any atom is -0.465 e. The van der Waals surface area contributed by atoms with Crippen molar-refractivity contribution < 1.29 is 19.1 Å². The fourth-order valence-electron chi connectivity index (χ4n) is 9.12. The Balaban J connectivity index is 1.59. The highest BCUT2D eigenvalue weighted by molar-refractivity contribution is 5.66. The summed E-state index contributed by atoms with van der Waals surface area (Å²) in [6, 6.07) is 0.733. The van der Waals surface area contributed by atoms with E-state index in [2.05, 4.69) is 32.8 Å². The molecule has 0 amide bonds. The molecule has 32 heavy (non-hydrogen) atoms. The molecule has 0 aromatic heterocycles. The lowest BCUT2D eigenvalue weighted by atomic mass is 9.44. The first kappa shape index (κ1) is 24.0. The Kier molecular flexibility index (Phi) is 6.70. The summed E-state index contributed by atoms with van der Waals surface area (Å²) in [5, 5.41) is 0. The molecule has 0 bridgehead atoms. The Hall–Kier alpha value is -1.10. The molecule has 0 aromatic rings. The van der Waals surface area contributed by atoms with Crippen molar-refractivity contribution in [2.75, 3.05) is 20.7 Å². The van der Waals surface area contributed by atoms with Crippen LogP contribution >= 0.6 is 0 Å². The van der Waals surface area contributed by atoms with Gasteiger partial charge in [0.25, 0.3) is 0 Å². The molecule has 0 saturated heterocycles. The summed E-state index contributed by atoms with van der Waals surface area (Å²) < 4.78 is 11.4. The Morgan fingerprint density at radius 3 is 2.38 bits per heavy atom. The van der Waals surface area contributed by atoms with Crippen LogP contribution in [0.4, 0.5) is 0 Å². The van der Waals surface area contributed by atoms with Crippen molar-refractivity contribution in [3.8, 4) is 0 Å². The first-order valence-electron chi connectivity index (χ1n) is 13.1. The quantitative estimate of drug-likeness (QED) is 0.551. The first-order chi connectivity index (χ1) is 15.1. The van der Waals surface area contributed by atoms with Crippen LogP contribution in [0, 0.1) is 40.4 Å². The van der Waals surface area contributed by atoms with Crippen molar-refractivity contribution in [2.45, 2.75) is 97.6 Å². The highest BCUT2D eigenvalue weighted by Gasteiger charge is 2.63. The summed E-state index contributed by atoms with van der Waals surface area (Å²) in [5.41, 5.74) is 0.411. The van der Waals surface area contributed by atoms with Gasteiger partial charge in [-0.05, 0) is 108 Å². The predicted molar refractivity (Wildman–Crippen MR) is 125 cm³/mol. The zero-order chi connectivity index (χ0) is 23.3. The number of fused-ring (bicyclic) bond motifs is 5. The third-order valence-corrected chi connectivity index (χ3v) is 10.6. The molecule has 0 heterocycles. The molecule has 9 atom stereocenters. The summed E-state index contributed by atoms with van der Waals surface area (Å²) in [6.45, 7) is 8.18. The van der Waals surface area contributed by atoms with E-state index < -0.39 is 0 Å². The van der Waals surface area contributed by atoms with Gasteiger partial charge in [0.05, 0.1) is 6.61 Å². The van der Waals surface area contributed by atoms with Crippen molar-refractivity contribution in [1.29, 1.82) is 0 Å². The highest BCUT2D eigenvalue weighted by atomic mass is 16.5. The molecule has 0 aliphatic heterocycles. The summed E-state index contributed by atoms with van der Waals surface area (Å²) in [7, 11) is 4.48. The number of esters is 2. The highest BCUT2D eigenvalue weighted by Crippen LogP contribution is 2.68. The number of carbonyl (C=O) groups excluding carboxylic acids is 2. The molecule has 0 radical (unpaired) electrons. The van der Waals surface area contributed by atoms with E-state index in [0.717, 1.165) is 30.7 Å². The van der Waals surface area contributed by atoms with E-state index in [1.54, 1.807) is 0 Å². The maximum absolute atomic E-state index is 11.8. The molecule has 0 unspecified atom stereocenters. The summed E-state index contributed by atoms with van der Waals surface area (Å²) in [4.78, 5) is 26.0. The Morgan fingerprint density at radius 2 is 1.72 bits per heavy atom. The second kappa shape index (κ2) is 8.92. The fourth-order valence-corrected chi connectivity index (χ4v) is 9.12. The summed E-state index contributed by atoms with van der Waals surface area (Å²) in [6.07, 6.45) is 11.1. The van der Waals surface area contributed by atoms with Crippen LogP contribution in [0.1, 0.15) is 85.5 Å². The van der Waals surface area contributed by atoms with Crippen LogP contribution < -0.4 is 0 Å². The lowest BCUT2D eigenvalue weighted by Gasteiger charge is -2.62.